The Morgan fingerprint density at radius 1 is 1.29 bits per heavy atom. The lowest BCUT2D eigenvalue weighted by Crippen LogP contribution is -2.09. The van der Waals surface area contributed by atoms with Crippen LogP contribution in [0.2, 0.25) is 0 Å². The van der Waals surface area contributed by atoms with E-state index in [1.54, 1.807) is 6.92 Å². The van der Waals surface area contributed by atoms with Crippen LogP contribution in [0.1, 0.15) is 24.0 Å². The number of hydrogen-bond donors (Lipinski definition) is 0. The number of benzene rings is 1. The second-order valence-corrected chi connectivity index (χ2v) is 3.83. The fraction of sp³-hybridized carbons (Fsp3) is 0.333. The molecule has 0 heterocycles. The minimum atomic E-state index is -0.665. The maximum Gasteiger partial charge on any atom is 0.131 e. The molecule has 0 radical (unpaired) electrons. The Hall–Kier alpha value is -1.36. The highest BCUT2D eigenvalue weighted by molar-refractivity contribution is 5.43. The molecule has 2 rings (SSSR count). The van der Waals surface area contributed by atoms with E-state index in [0.717, 1.165) is 0 Å². The SMILES string of the molecule is C#CC1(c2c(F)cc(C)cc2F)CC1. The molecule has 1 saturated carbocycles. The van der Waals surface area contributed by atoms with Gasteiger partial charge in [-0.05, 0) is 37.5 Å². The van der Waals surface area contributed by atoms with E-state index >= 15 is 0 Å². The molecule has 1 aliphatic rings. The van der Waals surface area contributed by atoms with Crippen LogP contribution in [0.25, 0.3) is 0 Å². The molecule has 0 unspecified atom stereocenters. The van der Waals surface area contributed by atoms with E-state index in [1.165, 1.54) is 12.1 Å². The molecule has 0 aliphatic heterocycles. The van der Waals surface area contributed by atoms with Crippen molar-refractivity contribution in [3.8, 4) is 12.3 Å². The van der Waals surface area contributed by atoms with Gasteiger partial charge in [-0.1, -0.05) is 5.92 Å². The predicted molar refractivity (Wildman–Crippen MR) is 50.8 cm³/mol. The first-order valence-corrected chi connectivity index (χ1v) is 4.53. The Balaban J connectivity index is 2.60. The van der Waals surface area contributed by atoms with Gasteiger partial charge in [-0.2, -0.15) is 0 Å². The Kier molecular flexibility index (Phi) is 1.85. The highest BCUT2D eigenvalue weighted by atomic mass is 19.1. The third-order valence-corrected chi connectivity index (χ3v) is 2.69. The van der Waals surface area contributed by atoms with Crippen molar-refractivity contribution in [2.45, 2.75) is 25.2 Å². The van der Waals surface area contributed by atoms with Gasteiger partial charge in [0.05, 0.1) is 5.41 Å². The van der Waals surface area contributed by atoms with Crippen LogP contribution in [0, 0.1) is 30.9 Å². The number of rotatable bonds is 1. The van der Waals surface area contributed by atoms with Gasteiger partial charge in [0.1, 0.15) is 11.6 Å². The van der Waals surface area contributed by atoms with Gasteiger partial charge < -0.3 is 0 Å². The third kappa shape index (κ3) is 1.21. The Bertz CT molecular complexity index is 399. The lowest BCUT2D eigenvalue weighted by atomic mass is 9.95. The fourth-order valence-corrected chi connectivity index (χ4v) is 1.75. The van der Waals surface area contributed by atoms with Gasteiger partial charge in [0.2, 0.25) is 0 Å². The van der Waals surface area contributed by atoms with Crippen LogP contribution in [0.4, 0.5) is 8.78 Å². The molecular weight excluding hydrogens is 182 g/mol. The van der Waals surface area contributed by atoms with Crippen molar-refractivity contribution in [2.24, 2.45) is 0 Å². The van der Waals surface area contributed by atoms with Crippen molar-refractivity contribution in [1.29, 1.82) is 0 Å². The van der Waals surface area contributed by atoms with Gasteiger partial charge in [-0.3, -0.25) is 0 Å². The number of aryl methyl sites for hydroxylation is 1. The molecule has 1 aromatic rings. The van der Waals surface area contributed by atoms with Gasteiger partial charge in [0.15, 0.2) is 0 Å². The zero-order chi connectivity index (χ0) is 10.3. The van der Waals surface area contributed by atoms with Crippen LogP contribution in [0.15, 0.2) is 12.1 Å². The van der Waals surface area contributed by atoms with Gasteiger partial charge in [-0.15, -0.1) is 6.42 Å². The molecule has 0 N–H and O–H groups in total. The lowest BCUT2D eigenvalue weighted by Gasteiger charge is -2.11. The lowest BCUT2D eigenvalue weighted by molar-refractivity contribution is 0.542. The van der Waals surface area contributed by atoms with Gasteiger partial charge >= 0.3 is 0 Å². The second kappa shape index (κ2) is 2.81. The quantitative estimate of drug-likeness (QED) is 0.600. The van der Waals surface area contributed by atoms with E-state index in [4.69, 9.17) is 6.42 Å². The normalized spacial score (nSPS) is 17.6. The largest absolute Gasteiger partial charge is 0.207 e. The summed E-state index contributed by atoms with van der Waals surface area (Å²) in [5, 5.41) is 0. The Morgan fingerprint density at radius 2 is 1.79 bits per heavy atom. The fourth-order valence-electron chi connectivity index (χ4n) is 1.75. The summed E-state index contributed by atoms with van der Waals surface area (Å²) in [6.07, 6.45) is 6.66. The van der Waals surface area contributed by atoms with E-state index in [1.807, 2.05) is 0 Å². The van der Waals surface area contributed by atoms with Gasteiger partial charge in [-0.25, -0.2) is 8.78 Å². The molecule has 1 fully saturated rings. The molecule has 0 aromatic heterocycles. The maximum absolute atomic E-state index is 13.5. The summed E-state index contributed by atoms with van der Waals surface area (Å²) >= 11 is 0. The Labute approximate surface area is 81.9 Å². The molecular formula is C12H10F2. The first kappa shape index (κ1) is 9.21. The number of hydrogen-bond acceptors (Lipinski definition) is 0. The van der Waals surface area contributed by atoms with Crippen LogP contribution in [-0.4, -0.2) is 0 Å². The minimum Gasteiger partial charge on any atom is -0.207 e. The average Bonchev–Trinajstić information content (AvgIpc) is 2.83. The molecule has 72 valence electrons. The Morgan fingerprint density at radius 3 is 2.14 bits per heavy atom. The number of halogens is 2. The van der Waals surface area contributed by atoms with Gasteiger partial charge in [0.25, 0.3) is 0 Å². The van der Waals surface area contributed by atoms with Crippen LogP contribution in [-0.2, 0) is 5.41 Å². The van der Waals surface area contributed by atoms with Crippen LogP contribution >= 0.6 is 0 Å². The molecule has 0 spiro atoms. The summed E-state index contributed by atoms with van der Waals surface area (Å²) in [5.41, 5.74) is -0.0100. The molecule has 14 heavy (non-hydrogen) atoms. The number of terminal acetylenes is 1. The highest BCUT2D eigenvalue weighted by Gasteiger charge is 2.46. The van der Waals surface area contributed by atoms with Crippen LogP contribution < -0.4 is 0 Å². The molecule has 1 aromatic carbocycles. The van der Waals surface area contributed by atoms with Crippen molar-refractivity contribution >= 4 is 0 Å². The molecule has 0 amide bonds. The topological polar surface area (TPSA) is 0 Å². The van der Waals surface area contributed by atoms with Crippen molar-refractivity contribution in [3.05, 3.63) is 34.9 Å². The van der Waals surface area contributed by atoms with E-state index in [0.29, 0.717) is 18.4 Å². The molecule has 0 nitrogen and oxygen atoms in total. The van der Waals surface area contributed by atoms with E-state index in [2.05, 4.69) is 5.92 Å². The first-order valence-electron chi connectivity index (χ1n) is 4.53. The molecule has 1 aliphatic carbocycles. The minimum absolute atomic E-state index is 0.0746. The second-order valence-electron chi connectivity index (χ2n) is 3.83. The molecule has 0 saturated heterocycles. The van der Waals surface area contributed by atoms with Crippen molar-refractivity contribution in [2.75, 3.05) is 0 Å². The van der Waals surface area contributed by atoms with Crippen LogP contribution in [0.3, 0.4) is 0 Å². The summed E-state index contributed by atoms with van der Waals surface area (Å²) in [5.74, 6) is 1.46. The average molecular weight is 192 g/mol. The molecule has 0 atom stereocenters. The van der Waals surface area contributed by atoms with Crippen molar-refractivity contribution < 1.29 is 8.78 Å². The smallest absolute Gasteiger partial charge is 0.131 e. The van der Waals surface area contributed by atoms with E-state index < -0.39 is 17.0 Å². The monoisotopic (exact) mass is 192 g/mol. The summed E-state index contributed by atoms with van der Waals surface area (Å²) in [7, 11) is 0. The zero-order valence-electron chi connectivity index (χ0n) is 7.90. The highest BCUT2D eigenvalue weighted by Crippen LogP contribution is 2.49. The van der Waals surface area contributed by atoms with Gasteiger partial charge in [0, 0.05) is 5.56 Å². The first-order chi connectivity index (χ1) is 6.59. The predicted octanol–water partition coefficient (Wildman–Crippen LogP) is 2.94. The van der Waals surface area contributed by atoms with E-state index in [9.17, 15) is 8.78 Å². The summed E-state index contributed by atoms with van der Waals surface area (Å²) in [4.78, 5) is 0. The third-order valence-electron chi connectivity index (χ3n) is 2.69. The van der Waals surface area contributed by atoms with E-state index in [-0.39, 0.29) is 5.56 Å². The molecule has 0 bridgehead atoms. The summed E-state index contributed by atoms with van der Waals surface area (Å²) in [6.45, 7) is 1.66. The standard InChI is InChI=1S/C12H10F2/c1-3-12(4-5-12)11-9(13)6-8(2)7-10(11)14/h1,6-7H,4-5H2,2H3. The molecule has 2 heteroatoms. The van der Waals surface area contributed by atoms with Crippen molar-refractivity contribution in [3.63, 3.8) is 0 Å². The van der Waals surface area contributed by atoms with Crippen LogP contribution in [0.5, 0.6) is 0 Å². The van der Waals surface area contributed by atoms with Crippen molar-refractivity contribution in [1.82, 2.24) is 0 Å². The maximum atomic E-state index is 13.5. The summed E-state index contributed by atoms with van der Waals surface area (Å²) < 4.78 is 27.0. The summed E-state index contributed by atoms with van der Waals surface area (Å²) in [6, 6.07) is 2.66. The zero-order valence-corrected chi connectivity index (χ0v) is 7.90.